The third kappa shape index (κ3) is 2.85. The summed E-state index contributed by atoms with van der Waals surface area (Å²) >= 11 is 6.14. The average molecular weight is 363 g/mol. The van der Waals surface area contributed by atoms with E-state index in [1.54, 1.807) is 0 Å². The molecule has 0 N–H and O–H groups in total. The first-order valence-corrected chi connectivity index (χ1v) is 9.53. The van der Waals surface area contributed by atoms with Gasteiger partial charge in [-0.3, -0.25) is 0 Å². The molecule has 2 heterocycles. The molecule has 24 heavy (non-hydrogen) atoms. The van der Waals surface area contributed by atoms with Crippen molar-refractivity contribution in [2.75, 3.05) is 6.54 Å². The van der Waals surface area contributed by atoms with Crippen LogP contribution in [-0.4, -0.2) is 25.6 Å². The molecular formula is C18H19ClN2O2S. The van der Waals surface area contributed by atoms with E-state index >= 15 is 0 Å². The van der Waals surface area contributed by atoms with Crippen molar-refractivity contribution in [3.63, 3.8) is 0 Å². The van der Waals surface area contributed by atoms with Crippen LogP contribution in [0.3, 0.4) is 0 Å². The molecule has 0 saturated heterocycles. The number of rotatable bonds is 2. The van der Waals surface area contributed by atoms with Crippen molar-refractivity contribution in [2.45, 2.75) is 43.7 Å². The van der Waals surface area contributed by atoms with Crippen molar-refractivity contribution in [2.24, 2.45) is 0 Å². The van der Waals surface area contributed by atoms with E-state index in [0.717, 1.165) is 18.4 Å². The number of hydrogen-bond donors (Lipinski definition) is 0. The fourth-order valence-electron chi connectivity index (χ4n) is 3.00. The van der Waals surface area contributed by atoms with E-state index in [0.29, 0.717) is 29.0 Å². The van der Waals surface area contributed by atoms with Crippen LogP contribution in [0.4, 0.5) is 0 Å². The van der Waals surface area contributed by atoms with Gasteiger partial charge in [0.2, 0.25) is 5.88 Å². The highest BCUT2D eigenvalue weighted by Gasteiger charge is 2.50. The Hall–Kier alpha value is -1.43. The van der Waals surface area contributed by atoms with Crippen molar-refractivity contribution in [1.82, 2.24) is 9.29 Å². The Kier molecular flexibility index (Phi) is 3.90. The highest BCUT2D eigenvalue weighted by molar-refractivity contribution is 7.82. The molecule has 0 bridgehead atoms. The molecule has 4 rings (SSSR count). The first kappa shape index (κ1) is 16.1. The van der Waals surface area contributed by atoms with E-state index in [2.05, 4.69) is 24.0 Å². The fourth-order valence-corrected chi connectivity index (χ4v) is 4.53. The van der Waals surface area contributed by atoms with E-state index in [4.69, 9.17) is 16.3 Å². The van der Waals surface area contributed by atoms with Crippen LogP contribution in [0.1, 0.15) is 29.5 Å². The standard InChI is InChI=1S/C18H19ClN2O2S/c1-12-5-3-4-6-14(12)10-21-11-18(7-8-18)23-17-15(24(21)22)9-13(2)16(19)20-17/h3-6,9H,7-8,10-11H2,1-2H3. The maximum atomic E-state index is 13.2. The Balaban J connectivity index is 1.74. The maximum absolute atomic E-state index is 13.2. The Morgan fingerprint density at radius 1 is 1.29 bits per heavy atom. The van der Waals surface area contributed by atoms with Gasteiger partial charge in [0, 0.05) is 6.54 Å². The Morgan fingerprint density at radius 2 is 2.04 bits per heavy atom. The van der Waals surface area contributed by atoms with E-state index in [-0.39, 0.29) is 5.60 Å². The predicted molar refractivity (Wildman–Crippen MR) is 94.6 cm³/mol. The zero-order chi connectivity index (χ0) is 16.9. The lowest BCUT2D eigenvalue weighted by Crippen LogP contribution is -2.35. The van der Waals surface area contributed by atoms with Crippen LogP contribution in [0.15, 0.2) is 35.2 Å². The molecule has 0 amide bonds. The second kappa shape index (κ2) is 5.83. The summed E-state index contributed by atoms with van der Waals surface area (Å²) in [5.74, 6) is 0.425. The molecule has 6 heteroatoms. The molecule has 1 saturated carbocycles. The van der Waals surface area contributed by atoms with Crippen molar-refractivity contribution < 1.29 is 8.95 Å². The van der Waals surface area contributed by atoms with E-state index in [9.17, 15) is 4.21 Å². The summed E-state index contributed by atoms with van der Waals surface area (Å²) in [6.07, 6.45) is 1.92. The summed E-state index contributed by atoms with van der Waals surface area (Å²) in [6.45, 7) is 5.22. The summed E-state index contributed by atoms with van der Waals surface area (Å²) in [7, 11) is -1.32. The molecule has 1 spiro atoms. The molecule has 0 radical (unpaired) electrons. The highest BCUT2D eigenvalue weighted by Crippen LogP contribution is 2.45. The molecule has 1 aliphatic carbocycles. The number of pyridine rings is 1. The first-order valence-electron chi connectivity index (χ1n) is 8.05. The number of hydrogen-bond acceptors (Lipinski definition) is 3. The molecule has 1 atom stereocenters. The quantitative estimate of drug-likeness (QED) is 0.763. The molecular weight excluding hydrogens is 344 g/mol. The van der Waals surface area contributed by atoms with Gasteiger partial charge in [-0.2, -0.15) is 0 Å². The first-order chi connectivity index (χ1) is 11.5. The van der Waals surface area contributed by atoms with Crippen molar-refractivity contribution >= 4 is 22.6 Å². The van der Waals surface area contributed by atoms with Gasteiger partial charge >= 0.3 is 0 Å². The van der Waals surface area contributed by atoms with Crippen LogP contribution in [0, 0.1) is 13.8 Å². The molecule has 2 aliphatic rings. The highest BCUT2D eigenvalue weighted by atomic mass is 35.5. The normalized spacial score (nSPS) is 21.9. The lowest BCUT2D eigenvalue weighted by Gasteiger charge is -2.22. The van der Waals surface area contributed by atoms with Gasteiger partial charge in [0.15, 0.2) is 0 Å². The van der Waals surface area contributed by atoms with Gasteiger partial charge in [-0.1, -0.05) is 35.9 Å². The number of nitrogens with zero attached hydrogens (tertiary/aromatic N) is 2. The van der Waals surface area contributed by atoms with Crippen molar-refractivity contribution in [3.05, 3.63) is 52.2 Å². The van der Waals surface area contributed by atoms with E-state index < -0.39 is 11.0 Å². The monoisotopic (exact) mass is 362 g/mol. The number of ether oxygens (including phenoxy) is 1. The van der Waals surface area contributed by atoms with Gasteiger partial charge in [0.05, 0.1) is 6.54 Å². The predicted octanol–water partition coefficient (Wildman–Crippen LogP) is 3.80. The molecule has 126 valence electrons. The van der Waals surface area contributed by atoms with Crippen LogP contribution in [-0.2, 0) is 17.5 Å². The van der Waals surface area contributed by atoms with Crippen LogP contribution in [0.5, 0.6) is 5.88 Å². The van der Waals surface area contributed by atoms with Gasteiger partial charge in [0.25, 0.3) is 0 Å². The van der Waals surface area contributed by atoms with Gasteiger partial charge in [-0.25, -0.2) is 13.5 Å². The summed E-state index contributed by atoms with van der Waals surface area (Å²) in [5.41, 5.74) is 2.93. The third-order valence-electron chi connectivity index (χ3n) is 4.70. The Bertz CT molecular complexity index is 836. The maximum Gasteiger partial charge on any atom is 0.233 e. The van der Waals surface area contributed by atoms with Crippen molar-refractivity contribution in [1.29, 1.82) is 0 Å². The molecule has 2 aromatic rings. The van der Waals surface area contributed by atoms with Crippen LogP contribution < -0.4 is 4.74 Å². The Morgan fingerprint density at radius 3 is 2.75 bits per heavy atom. The number of halogens is 1. The second-order valence-electron chi connectivity index (χ2n) is 6.66. The minimum Gasteiger partial charge on any atom is -0.469 e. The number of benzene rings is 1. The fraction of sp³-hybridized carbons (Fsp3) is 0.389. The summed E-state index contributed by atoms with van der Waals surface area (Å²) in [4.78, 5) is 4.96. The van der Waals surface area contributed by atoms with Gasteiger partial charge < -0.3 is 4.74 Å². The number of aromatic nitrogens is 1. The topological polar surface area (TPSA) is 42.4 Å². The average Bonchev–Trinajstić information content (AvgIpc) is 3.31. The molecule has 1 aromatic heterocycles. The van der Waals surface area contributed by atoms with Crippen LogP contribution >= 0.6 is 11.6 Å². The number of fused-ring (bicyclic) bond motifs is 1. The molecule has 4 nitrogen and oxygen atoms in total. The molecule has 1 aromatic carbocycles. The minimum atomic E-state index is -1.32. The van der Waals surface area contributed by atoms with Gasteiger partial charge in [0.1, 0.15) is 26.6 Å². The summed E-state index contributed by atoms with van der Waals surface area (Å²) < 4.78 is 21.3. The summed E-state index contributed by atoms with van der Waals surface area (Å²) in [5, 5.41) is 0.411. The molecule has 1 unspecified atom stereocenters. The van der Waals surface area contributed by atoms with E-state index in [1.807, 2.05) is 29.4 Å². The van der Waals surface area contributed by atoms with Crippen LogP contribution in [0.2, 0.25) is 5.15 Å². The zero-order valence-corrected chi connectivity index (χ0v) is 15.3. The number of aryl methyl sites for hydroxylation is 2. The van der Waals surface area contributed by atoms with Gasteiger partial charge in [-0.15, -0.1) is 0 Å². The third-order valence-corrected chi connectivity index (χ3v) is 6.48. The minimum absolute atomic E-state index is 0.269. The molecule has 1 fully saturated rings. The Labute approximate surface area is 149 Å². The smallest absolute Gasteiger partial charge is 0.233 e. The zero-order valence-electron chi connectivity index (χ0n) is 13.7. The van der Waals surface area contributed by atoms with Crippen LogP contribution in [0.25, 0.3) is 0 Å². The largest absolute Gasteiger partial charge is 0.469 e. The lowest BCUT2D eigenvalue weighted by molar-refractivity contribution is 0.145. The summed E-state index contributed by atoms with van der Waals surface area (Å²) in [6, 6.07) is 10.1. The lowest BCUT2D eigenvalue weighted by atomic mass is 10.1. The second-order valence-corrected chi connectivity index (χ2v) is 8.47. The van der Waals surface area contributed by atoms with Gasteiger partial charge in [-0.05, 0) is 49.4 Å². The van der Waals surface area contributed by atoms with E-state index in [1.165, 1.54) is 11.1 Å². The SMILES string of the molecule is Cc1ccccc1CN1CC2(CC2)Oc2nc(Cl)c(C)cc2S1=O. The van der Waals surface area contributed by atoms with Crippen molar-refractivity contribution in [3.8, 4) is 5.88 Å². The molecule has 1 aliphatic heterocycles.